The highest BCUT2D eigenvalue weighted by molar-refractivity contribution is 5.79. The summed E-state index contributed by atoms with van der Waals surface area (Å²) in [6, 6.07) is 22.3. The third kappa shape index (κ3) is 4.80. The summed E-state index contributed by atoms with van der Waals surface area (Å²) in [4.78, 5) is 14.8. The van der Waals surface area contributed by atoms with Gasteiger partial charge in [0.1, 0.15) is 0 Å². The van der Waals surface area contributed by atoms with Gasteiger partial charge in [0, 0.05) is 25.2 Å². The number of benzene rings is 2. The summed E-state index contributed by atoms with van der Waals surface area (Å²) in [6.07, 6.45) is 1.89. The Morgan fingerprint density at radius 2 is 1.93 bits per heavy atom. The summed E-state index contributed by atoms with van der Waals surface area (Å²) in [5.74, 6) is 0.926. The van der Waals surface area contributed by atoms with E-state index in [2.05, 4.69) is 39.5 Å². The van der Waals surface area contributed by atoms with Crippen molar-refractivity contribution in [2.75, 3.05) is 18.0 Å². The van der Waals surface area contributed by atoms with Crippen LogP contribution in [0.25, 0.3) is 11.3 Å². The monoisotopic (exact) mass is 386 g/mol. The van der Waals surface area contributed by atoms with Crippen molar-refractivity contribution in [2.24, 2.45) is 5.92 Å². The van der Waals surface area contributed by atoms with Crippen LogP contribution in [-0.4, -0.2) is 29.2 Å². The van der Waals surface area contributed by atoms with Gasteiger partial charge in [0.15, 0.2) is 5.82 Å². The smallest absolute Gasteiger partial charge is 0.225 e. The van der Waals surface area contributed by atoms with E-state index in [0.29, 0.717) is 13.1 Å². The van der Waals surface area contributed by atoms with Gasteiger partial charge >= 0.3 is 0 Å². The summed E-state index contributed by atoms with van der Waals surface area (Å²) in [7, 11) is 0. The van der Waals surface area contributed by atoms with E-state index in [0.717, 1.165) is 42.0 Å². The van der Waals surface area contributed by atoms with Crippen molar-refractivity contribution in [1.82, 2.24) is 15.5 Å². The molecule has 29 heavy (non-hydrogen) atoms. The number of anilines is 1. The van der Waals surface area contributed by atoms with Crippen LogP contribution < -0.4 is 10.2 Å². The molecule has 1 unspecified atom stereocenters. The number of nitrogens with one attached hydrogen (secondary N) is 1. The SMILES string of the molecule is Cc1cccc(-c2ccc(N3CCCC(C(=O)NCc4ccccc4)C3)nn2)c1. The number of rotatable bonds is 5. The normalized spacial score (nSPS) is 16.4. The maximum absolute atomic E-state index is 12.6. The van der Waals surface area contributed by atoms with E-state index in [-0.39, 0.29) is 11.8 Å². The zero-order chi connectivity index (χ0) is 20.1. The topological polar surface area (TPSA) is 58.1 Å². The second kappa shape index (κ2) is 8.86. The molecule has 1 aliphatic rings. The number of carbonyl (C=O) groups is 1. The lowest BCUT2D eigenvalue weighted by atomic mass is 9.97. The highest BCUT2D eigenvalue weighted by atomic mass is 16.1. The van der Waals surface area contributed by atoms with Crippen LogP contribution in [0, 0.1) is 12.8 Å². The third-order valence-electron chi connectivity index (χ3n) is 5.39. The second-order valence-electron chi connectivity index (χ2n) is 7.63. The highest BCUT2D eigenvalue weighted by Gasteiger charge is 2.26. The Balaban J connectivity index is 1.38. The van der Waals surface area contributed by atoms with Gasteiger partial charge in [-0.3, -0.25) is 4.79 Å². The highest BCUT2D eigenvalue weighted by Crippen LogP contribution is 2.24. The number of aromatic nitrogens is 2. The first-order valence-corrected chi connectivity index (χ1v) is 10.2. The first-order valence-electron chi connectivity index (χ1n) is 10.2. The molecule has 0 aliphatic carbocycles. The van der Waals surface area contributed by atoms with Crippen LogP contribution in [-0.2, 0) is 11.3 Å². The van der Waals surface area contributed by atoms with Crippen molar-refractivity contribution in [2.45, 2.75) is 26.3 Å². The maximum atomic E-state index is 12.6. The summed E-state index contributed by atoms with van der Waals surface area (Å²) in [6.45, 7) is 4.23. The van der Waals surface area contributed by atoms with Gasteiger partial charge in [-0.1, -0.05) is 54.1 Å². The fourth-order valence-corrected chi connectivity index (χ4v) is 3.78. The van der Waals surface area contributed by atoms with Gasteiger partial charge < -0.3 is 10.2 Å². The number of aryl methyl sites for hydroxylation is 1. The molecule has 2 heterocycles. The van der Waals surface area contributed by atoms with Crippen molar-refractivity contribution in [3.63, 3.8) is 0 Å². The molecule has 0 spiro atoms. The molecule has 5 heteroatoms. The van der Waals surface area contributed by atoms with E-state index in [1.54, 1.807) is 0 Å². The van der Waals surface area contributed by atoms with E-state index in [9.17, 15) is 4.79 Å². The molecule has 1 N–H and O–H groups in total. The van der Waals surface area contributed by atoms with Crippen LogP contribution in [0.4, 0.5) is 5.82 Å². The first-order chi connectivity index (χ1) is 14.2. The van der Waals surface area contributed by atoms with Crippen molar-refractivity contribution in [1.29, 1.82) is 0 Å². The Morgan fingerprint density at radius 3 is 2.69 bits per heavy atom. The fraction of sp³-hybridized carbons (Fsp3) is 0.292. The summed E-state index contributed by atoms with van der Waals surface area (Å²) in [5.41, 5.74) is 4.26. The van der Waals surface area contributed by atoms with Crippen LogP contribution in [0.15, 0.2) is 66.7 Å². The number of hydrogen-bond acceptors (Lipinski definition) is 4. The Hall–Kier alpha value is -3.21. The third-order valence-corrected chi connectivity index (χ3v) is 5.39. The van der Waals surface area contributed by atoms with E-state index in [1.165, 1.54) is 5.56 Å². The zero-order valence-corrected chi connectivity index (χ0v) is 16.7. The van der Waals surface area contributed by atoms with Crippen LogP contribution in [0.1, 0.15) is 24.0 Å². The van der Waals surface area contributed by atoms with Gasteiger partial charge in [-0.15, -0.1) is 10.2 Å². The summed E-state index contributed by atoms with van der Waals surface area (Å²) in [5, 5.41) is 11.9. The lowest BCUT2D eigenvalue weighted by Gasteiger charge is -2.32. The zero-order valence-electron chi connectivity index (χ0n) is 16.7. The van der Waals surface area contributed by atoms with Gasteiger partial charge in [0.2, 0.25) is 5.91 Å². The van der Waals surface area contributed by atoms with E-state index in [4.69, 9.17) is 0 Å². The van der Waals surface area contributed by atoms with Crippen molar-refractivity contribution in [3.8, 4) is 11.3 Å². The minimum atomic E-state index is -0.0225. The van der Waals surface area contributed by atoms with Gasteiger partial charge in [0.05, 0.1) is 11.6 Å². The Labute approximate surface area is 171 Å². The Morgan fingerprint density at radius 1 is 1.07 bits per heavy atom. The van der Waals surface area contributed by atoms with Crippen LogP contribution in [0.2, 0.25) is 0 Å². The first kappa shape index (κ1) is 19.1. The average molecular weight is 386 g/mol. The predicted molar refractivity (Wildman–Crippen MR) is 115 cm³/mol. The molecule has 1 aromatic heterocycles. The van der Waals surface area contributed by atoms with Gasteiger partial charge in [0.25, 0.3) is 0 Å². The molecule has 0 radical (unpaired) electrons. The van der Waals surface area contributed by atoms with Crippen molar-refractivity contribution >= 4 is 11.7 Å². The van der Waals surface area contributed by atoms with Crippen LogP contribution in [0.3, 0.4) is 0 Å². The summed E-state index contributed by atoms with van der Waals surface area (Å²) >= 11 is 0. The number of nitrogens with zero attached hydrogens (tertiary/aromatic N) is 3. The average Bonchev–Trinajstić information content (AvgIpc) is 2.78. The molecule has 1 atom stereocenters. The molecular weight excluding hydrogens is 360 g/mol. The number of hydrogen-bond donors (Lipinski definition) is 1. The minimum absolute atomic E-state index is 0.0225. The number of carbonyl (C=O) groups excluding carboxylic acids is 1. The second-order valence-corrected chi connectivity index (χ2v) is 7.63. The predicted octanol–water partition coefficient (Wildman–Crippen LogP) is 3.98. The quantitative estimate of drug-likeness (QED) is 0.720. The number of amides is 1. The fourth-order valence-electron chi connectivity index (χ4n) is 3.78. The van der Waals surface area contributed by atoms with Crippen molar-refractivity contribution in [3.05, 3.63) is 77.9 Å². The molecule has 4 rings (SSSR count). The molecule has 1 aliphatic heterocycles. The molecule has 5 nitrogen and oxygen atoms in total. The maximum Gasteiger partial charge on any atom is 0.225 e. The minimum Gasteiger partial charge on any atom is -0.354 e. The molecule has 2 aromatic carbocycles. The van der Waals surface area contributed by atoms with Gasteiger partial charge in [-0.05, 0) is 43.5 Å². The van der Waals surface area contributed by atoms with E-state index >= 15 is 0 Å². The molecule has 0 bridgehead atoms. The largest absolute Gasteiger partial charge is 0.354 e. The standard InChI is InChI=1S/C24H26N4O/c1-18-7-5-10-20(15-18)22-12-13-23(27-26-22)28-14-6-11-21(17-28)24(29)25-16-19-8-3-2-4-9-19/h2-5,7-10,12-13,15,21H,6,11,14,16-17H2,1H3,(H,25,29). The van der Waals surface area contributed by atoms with E-state index < -0.39 is 0 Å². The molecule has 0 saturated carbocycles. The van der Waals surface area contributed by atoms with Crippen molar-refractivity contribution < 1.29 is 4.79 Å². The summed E-state index contributed by atoms with van der Waals surface area (Å²) < 4.78 is 0. The lowest BCUT2D eigenvalue weighted by Crippen LogP contribution is -2.43. The van der Waals surface area contributed by atoms with Gasteiger partial charge in [-0.2, -0.15) is 0 Å². The molecular formula is C24H26N4O. The molecule has 1 saturated heterocycles. The van der Waals surface area contributed by atoms with Crippen LogP contribution in [0.5, 0.6) is 0 Å². The lowest BCUT2D eigenvalue weighted by molar-refractivity contribution is -0.125. The Kier molecular flexibility index (Phi) is 5.84. The Bertz CT molecular complexity index is 956. The van der Waals surface area contributed by atoms with Gasteiger partial charge in [-0.25, -0.2) is 0 Å². The molecule has 1 amide bonds. The van der Waals surface area contributed by atoms with E-state index in [1.807, 2.05) is 54.6 Å². The molecule has 148 valence electrons. The number of piperidine rings is 1. The molecule has 1 fully saturated rings. The molecule has 3 aromatic rings. The van der Waals surface area contributed by atoms with Crippen LogP contribution >= 0.6 is 0 Å².